The third-order valence-electron chi connectivity index (χ3n) is 5.60. The summed E-state index contributed by atoms with van der Waals surface area (Å²) in [5, 5.41) is 5.88. The number of piperazine rings is 1. The standard InChI is InChI=1S/C27H28N6O3/c28-22-8-10-23(11-9-22)31-25(34)13-7-20-6-12-24(30-16-20)29-14-15-33-26(35)18-32(19-27(33)36)17-21-4-2-1-3-5-21/h1-13,16H,14-15,17-19,28H2,(H,29,30)(H,31,34). The zero-order valence-electron chi connectivity index (χ0n) is 19.8. The molecule has 0 spiro atoms. The molecule has 0 aliphatic carbocycles. The predicted molar refractivity (Wildman–Crippen MR) is 140 cm³/mol. The van der Waals surface area contributed by atoms with Gasteiger partial charge in [-0.25, -0.2) is 4.98 Å². The number of benzene rings is 2. The number of nitrogens with zero attached hydrogens (tertiary/aromatic N) is 3. The largest absolute Gasteiger partial charge is 0.399 e. The van der Waals surface area contributed by atoms with E-state index < -0.39 is 0 Å². The fourth-order valence-corrected chi connectivity index (χ4v) is 3.78. The highest BCUT2D eigenvalue weighted by Crippen LogP contribution is 2.12. The molecular weight excluding hydrogens is 456 g/mol. The van der Waals surface area contributed by atoms with E-state index in [1.807, 2.05) is 41.3 Å². The van der Waals surface area contributed by atoms with E-state index in [-0.39, 0.29) is 37.4 Å². The van der Waals surface area contributed by atoms with Crippen LogP contribution in [0.2, 0.25) is 0 Å². The van der Waals surface area contributed by atoms with E-state index >= 15 is 0 Å². The van der Waals surface area contributed by atoms with Crippen molar-refractivity contribution >= 4 is 41.0 Å². The van der Waals surface area contributed by atoms with Crippen LogP contribution in [0.25, 0.3) is 6.08 Å². The number of anilines is 3. The molecule has 9 nitrogen and oxygen atoms in total. The molecule has 1 saturated heterocycles. The van der Waals surface area contributed by atoms with Crippen LogP contribution in [0.3, 0.4) is 0 Å². The van der Waals surface area contributed by atoms with Crippen molar-refractivity contribution in [1.29, 1.82) is 0 Å². The van der Waals surface area contributed by atoms with E-state index in [1.54, 1.807) is 42.6 Å². The van der Waals surface area contributed by atoms with Crippen LogP contribution < -0.4 is 16.4 Å². The molecule has 0 saturated carbocycles. The van der Waals surface area contributed by atoms with Crippen LogP contribution in [0.15, 0.2) is 79.0 Å². The van der Waals surface area contributed by atoms with Crippen molar-refractivity contribution in [3.05, 3.63) is 90.1 Å². The summed E-state index contributed by atoms with van der Waals surface area (Å²) < 4.78 is 0. The van der Waals surface area contributed by atoms with Gasteiger partial charge in [-0.1, -0.05) is 30.3 Å². The summed E-state index contributed by atoms with van der Waals surface area (Å²) in [5.74, 6) is -0.0504. The van der Waals surface area contributed by atoms with Gasteiger partial charge < -0.3 is 16.4 Å². The molecule has 0 bridgehead atoms. The average Bonchev–Trinajstić information content (AvgIpc) is 2.87. The van der Waals surface area contributed by atoms with Crippen molar-refractivity contribution in [1.82, 2.24) is 14.8 Å². The third kappa shape index (κ3) is 7.00. The van der Waals surface area contributed by atoms with Crippen molar-refractivity contribution in [2.24, 2.45) is 0 Å². The summed E-state index contributed by atoms with van der Waals surface area (Å²) in [4.78, 5) is 44.6. The number of pyridine rings is 1. The van der Waals surface area contributed by atoms with Gasteiger partial charge in [0.25, 0.3) is 0 Å². The second-order valence-electron chi connectivity index (χ2n) is 8.42. The van der Waals surface area contributed by atoms with Gasteiger partial charge in [0.15, 0.2) is 0 Å². The number of rotatable bonds is 9. The first-order chi connectivity index (χ1) is 17.5. The summed E-state index contributed by atoms with van der Waals surface area (Å²) in [5.41, 5.74) is 8.75. The number of carbonyl (C=O) groups excluding carboxylic acids is 3. The molecule has 3 aromatic rings. The Kier molecular flexibility index (Phi) is 8.05. The SMILES string of the molecule is Nc1ccc(NC(=O)C=Cc2ccc(NCCN3C(=O)CN(Cc4ccccc4)CC3=O)nc2)cc1. The van der Waals surface area contributed by atoms with Gasteiger partial charge in [-0.2, -0.15) is 0 Å². The van der Waals surface area contributed by atoms with E-state index in [0.29, 0.717) is 30.3 Å². The minimum Gasteiger partial charge on any atom is -0.399 e. The number of hydrogen-bond donors (Lipinski definition) is 3. The first-order valence-electron chi connectivity index (χ1n) is 11.6. The first-order valence-corrected chi connectivity index (χ1v) is 11.6. The van der Waals surface area contributed by atoms with Crippen LogP contribution >= 0.6 is 0 Å². The molecule has 0 unspecified atom stereocenters. The second kappa shape index (κ2) is 11.8. The highest BCUT2D eigenvalue weighted by molar-refractivity contribution is 6.02. The molecular formula is C27H28N6O3. The Morgan fingerprint density at radius 3 is 2.36 bits per heavy atom. The first kappa shape index (κ1) is 24.6. The number of carbonyl (C=O) groups is 3. The van der Waals surface area contributed by atoms with Gasteiger partial charge in [-0.15, -0.1) is 0 Å². The number of amides is 3. The van der Waals surface area contributed by atoms with Crippen molar-refractivity contribution < 1.29 is 14.4 Å². The number of imide groups is 1. The summed E-state index contributed by atoms with van der Waals surface area (Å²) in [6.07, 6.45) is 4.72. The molecule has 1 fully saturated rings. The lowest BCUT2D eigenvalue weighted by molar-refractivity contribution is -0.151. The maximum Gasteiger partial charge on any atom is 0.248 e. The average molecular weight is 485 g/mol. The molecule has 2 heterocycles. The van der Waals surface area contributed by atoms with Gasteiger partial charge in [-0.05, 0) is 53.6 Å². The Balaban J connectivity index is 1.21. The van der Waals surface area contributed by atoms with Gasteiger partial charge in [0.05, 0.1) is 13.1 Å². The van der Waals surface area contributed by atoms with E-state index in [2.05, 4.69) is 15.6 Å². The Morgan fingerprint density at radius 2 is 1.69 bits per heavy atom. The van der Waals surface area contributed by atoms with E-state index in [4.69, 9.17) is 5.73 Å². The van der Waals surface area contributed by atoms with Crippen molar-refractivity contribution in [3.8, 4) is 0 Å². The van der Waals surface area contributed by atoms with Crippen molar-refractivity contribution in [2.75, 3.05) is 42.5 Å². The Labute approximate surface area is 209 Å². The summed E-state index contributed by atoms with van der Waals surface area (Å²) in [6.45, 7) is 1.66. The van der Waals surface area contributed by atoms with Gasteiger partial charge in [0.1, 0.15) is 5.82 Å². The molecule has 1 aliphatic heterocycles. The van der Waals surface area contributed by atoms with Crippen molar-refractivity contribution in [3.63, 3.8) is 0 Å². The van der Waals surface area contributed by atoms with E-state index in [1.165, 1.54) is 11.0 Å². The molecule has 2 aromatic carbocycles. The third-order valence-corrected chi connectivity index (χ3v) is 5.60. The molecule has 9 heteroatoms. The molecule has 0 atom stereocenters. The summed E-state index contributed by atoms with van der Waals surface area (Å²) in [6, 6.07) is 20.3. The van der Waals surface area contributed by atoms with Crippen molar-refractivity contribution in [2.45, 2.75) is 6.54 Å². The topological polar surface area (TPSA) is 121 Å². The number of hydrogen-bond acceptors (Lipinski definition) is 7. The van der Waals surface area contributed by atoms with Gasteiger partial charge in [0.2, 0.25) is 17.7 Å². The lowest BCUT2D eigenvalue weighted by Gasteiger charge is -2.32. The van der Waals surface area contributed by atoms with Crippen LogP contribution in [0, 0.1) is 0 Å². The minimum absolute atomic E-state index is 0.199. The molecule has 1 aliphatic rings. The number of nitrogen functional groups attached to an aromatic ring is 1. The highest BCUT2D eigenvalue weighted by atomic mass is 16.2. The monoisotopic (exact) mass is 484 g/mol. The zero-order chi connectivity index (χ0) is 25.3. The second-order valence-corrected chi connectivity index (χ2v) is 8.42. The molecule has 3 amide bonds. The number of nitrogens with two attached hydrogens (primary N) is 1. The van der Waals surface area contributed by atoms with E-state index in [0.717, 1.165) is 11.1 Å². The molecule has 4 rings (SSSR count). The quantitative estimate of drug-likeness (QED) is 0.243. The lowest BCUT2D eigenvalue weighted by atomic mass is 10.2. The van der Waals surface area contributed by atoms with Crippen LogP contribution in [-0.4, -0.2) is 58.7 Å². The van der Waals surface area contributed by atoms with Crippen LogP contribution in [-0.2, 0) is 20.9 Å². The summed E-state index contributed by atoms with van der Waals surface area (Å²) >= 11 is 0. The number of aromatic nitrogens is 1. The predicted octanol–water partition coefficient (Wildman–Crippen LogP) is 2.60. The normalized spacial score (nSPS) is 14.3. The molecule has 1 aromatic heterocycles. The zero-order valence-corrected chi connectivity index (χ0v) is 19.8. The Morgan fingerprint density at radius 1 is 0.972 bits per heavy atom. The molecule has 4 N–H and O–H groups in total. The molecule has 184 valence electrons. The van der Waals surface area contributed by atoms with Gasteiger partial charge in [-0.3, -0.25) is 24.2 Å². The molecule has 36 heavy (non-hydrogen) atoms. The minimum atomic E-state index is -0.264. The van der Waals surface area contributed by atoms with Gasteiger partial charge in [0, 0.05) is 43.3 Å². The lowest BCUT2D eigenvalue weighted by Crippen LogP contribution is -2.54. The number of nitrogens with one attached hydrogen (secondary N) is 2. The van der Waals surface area contributed by atoms with Gasteiger partial charge >= 0.3 is 0 Å². The van der Waals surface area contributed by atoms with Crippen LogP contribution in [0.1, 0.15) is 11.1 Å². The highest BCUT2D eigenvalue weighted by Gasteiger charge is 2.30. The van der Waals surface area contributed by atoms with Crippen LogP contribution in [0.4, 0.5) is 17.2 Å². The molecule has 0 radical (unpaired) electrons. The maximum absolute atomic E-state index is 12.5. The van der Waals surface area contributed by atoms with E-state index in [9.17, 15) is 14.4 Å². The van der Waals surface area contributed by atoms with Crippen LogP contribution in [0.5, 0.6) is 0 Å². The fourth-order valence-electron chi connectivity index (χ4n) is 3.78. The smallest absolute Gasteiger partial charge is 0.248 e. The maximum atomic E-state index is 12.5. The Bertz CT molecular complexity index is 1210. The summed E-state index contributed by atoms with van der Waals surface area (Å²) in [7, 11) is 0. The fraction of sp³-hybridized carbons (Fsp3) is 0.185. The Hall–Kier alpha value is -4.50.